The van der Waals surface area contributed by atoms with Crippen molar-refractivity contribution in [2.75, 3.05) is 16.7 Å². The molecule has 1 amide bonds. The summed E-state index contributed by atoms with van der Waals surface area (Å²) in [6, 6.07) is 22.6. The molecule has 168 valence electrons. The van der Waals surface area contributed by atoms with E-state index < -0.39 is 10.0 Å². The minimum absolute atomic E-state index is 0.216. The molecule has 0 fully saturated rings. The molecule has 0 aliphatic rings. The molecule has 0 saturated heterocycles. The lowest BCUT2D eigenvalue weighted by molar-refractivity contribution is 0.102. The Balaban J connectivity index is 1.42. The van der Waals surface area contributed by atoms with Crippen LogP contribution in [0.2, 0.25) is 0 Å². The van der Waals surface area contributed by atoms with E-state index in [1.165, 1.54) is 11.4 Å². The molecule has 0 atom stereocenters. The first-order valence-electron chi connectivity index (χ1n) is 10.4. The van der Waals surface area contributed by atoms with Crippen molar-refractivity contribution in [3.8, 4) is 0 Å². The molecule has 0 aliphatic carbocycles. The average Bonchev–Trinajstić information content (AvgIpc) is 3.33. The van der Waals surface area contributed by atoms with Crippen molar-refractivity contribution in [2.24, 2.45) is 0 Å². The van der Waals surface area contributed by atoms with Crippen LogP contribution in [0, 0.1) is 6.92 Å². The van der Waals surface area contributed by atoms with E-state index in [1.807, 2.05) is 48.1 Å². The van der Waals surface area contributed by atoms with Gasteiger partial charge in [0.25, 0.3) is 15.9 Å². The van der Waals surface area contributed by atoms with Crippen LogP contribution in [0.3, 0.4) is 0 Å². The molecule has 0 spiro atoms. The zero-order valence-corrected chi connectivity index (χ0v) is 19.2. The quantitative estimate of drug-likeness (QED) is 0.445. The summed E-state index contributed by atoms with van der Waals surface area (Å²) in [5.41, 5.74) is 3.63. The summed E-state index contributed by atoms with van der Waals surface area (Å²) in [5.74, 6) is -0.273. The number of carbonyl (C=O) groups excluding carboxylic acids is 1. The van der Waals surface area contributed by atoms with E-state index in [-0.39, 0.29) is 10.8 Å². The van der Waals surface area contributed by atoms with Gasteiger partial charge in [-0.05, 0) is 67.1 Å². The number of hydrogen-bond donors (Lipinski definition) is 1. The van der Waals surface area contributed by atoms with E-state index in [0.717, 1.165) is 11.1 Å². The van der Waals surface area contributed by atoms with Gasteiger partial charge in [0.05, 0.1) is 17.1 Å². The Morgan fingerprint density at radius 3 is 2.24 bits per heavy atom. The molecule has 33 heavy (non-hydrogen) atoms. The predicted molar refractivity (Wildman–Crippen MR) is 129 cm³/mol. The highest BCUT2D eigenvalue weighted by atomic mass is 32.2. The van der Waals surface area contributed by atoms with Crippen molar-refractivity contribution < 1.29 is 13.2 Å². The van der Waals surface area contributed by atoms with Crippen LogP contribution >= 0.6 is 0 Å². The zero-order chi connectivity index (χ0) is 23.4. The Kier molecular flexibility index (Phi) is 6.28. The van der Waals surface area contributed by atoms with Gasteiger partial charge in [-0.1, -0.05) is 29.8 Å². The van der Waals surface area contributed by atoms with Gasteiger partial charge in [0.2, 0.25) is 0 Å². The molecule has 0 aliphatic heterocycles. The molecule has 3 aromatic carbocycles. The summed E-state index contributed by atoms with van der Waals surface area (Å²) in [6.45, 7) is 2.56. The number of anilines is 2. The number of hydrogen-bond acceptors (Lipinski definition) is 4. The lowest BCUT2D eigenvalue weighted by Gasteiger charge is -2.20. The third-order valence-electron chi connectivity index (χ3n) is 5.29. The number of nitrogens with one attached hydrogen (secondary N) is 1. The smallest absolute Gasteiger partial charge is 0.264 e. The Morgan fingerprint density at radius 2 is 1.64 bits per heavy atom. The highest BCUT2D eigenvalue weighted by Gasteiger charge is 2.21. The molecule has 0 radical (unpaired) electrons. The van der Waals surface area contributed by atoms with Gasteiger partial charge >= 0.3 is 0 Å². The van der Waals surface area contributed by atoms with Crippen molar-refractivity contribution in [3.63, 3.8) is 0 Å². The van der Waals surface area contributed by atoms with Crippen LogP contribution in [0.15, 0.2) is 96.2 Å². The van der Waals surface area contributed by atoms with Crippen LogP contribution in [-0.2, 0) is 16.6 Å². The summed E-state index contributed by atoms with van der Waals surface area (Å²) in [5, 5.41) is 7.04. The van der Waals surface area contributed by atoms with Crippen molar-refractivity contribution in [1.29, 1.82) is 0 Å². The van der Waals surface area contributed by atoms with Crippen LogP contribution in [0.25, 0.3) is 0 Å². The van der Waals surface area contributed by atoms with Crippen LogP contribution < -0.4 is 9.62 Å². The molecule has 8 heteroatoms. The molecule has 4 aromatic rings. The van der Waals surface area contributed by atoms with E-state index in [4.69, 9.17) is 0 Å². The lowest BCUT2D eigenvalue weighted by Crippen LogP contribution is -2.26. The molecule has 1 heterocycles. The van der Waals surface area contributed by atoms with E-state index >= 15 is 0 Å². The van der Waals surface area contributed by atoms with Gasteiger partial charge < -0.3 is 5.32 Å². The second-order valence-corrected chi connectivity index (χ2v) is 9.66. The van der Waals surface area contributed by atoms with E-state index in [2.05, 4.69) is 10.4 Å². The number of carbonyl (C=O) groups is 1. The number of aromatic nitrogens is 2. The summed E-state index contributed by atoms with van der Waals surface area (Å²) < 4.78 is 28.8. The molecular formula is C25H24N4O3S. The number of amides is 1. The van der Waals surface area contributed by atoms with Crippen LogP contribution in [-0.4, -0.2) is 31.2 Å². The van der Waals surface area contributed by atoms with Gasteiger partial charge in [-0.25, -0.2) is 8.42 Å². The first-order chi connectivity index (χ1) is 15.8. The standard InChI is InChI=1S/C25H24N4O3S/c1-19-4-14-24(15-5-19)33(31,32)28(2)23-12-8-21(9-13-23)25(30)27-22-10-6-20(7-11-22)18-29-17-3-16-26-29/h3-17H,18H2,1-2H3,(H,27,30). The highest BCUT2D eigenvalue weighted by Crippen LogP contribution is 2.23. The van der Waals surface area contributed by atoms with Gasteiger partial charge in [0, 0.05) is 30.7 Å². The van der Waals surface area contributed by atoms with Crippen LogP contribution in [0.1, 0.15) is 21.5 Å². The maximum absolute atomic E-state index is 12.9. The summed E-state index contributed by atoms with van der Waals surface area (Å²) in [7, 11) is -2.19. The molecule has 0 bridgehead atoms. The second-order valence-electron chi connectivity index (χ2n) is 7.69. The Hall–Kier alpha value is -3.91. The van der Waals surface area contributed by atoms with Gasteiger partial charge in [-0.15, -0.1) is 0 Å². The highest BCUT2D eigenvalue weighted by molar-refractivity contribution is 7.92. The third-order valence-corrected chi connectivity index (χ3v) is 7.09. The van der Waals surface area contributed by atoms with Gasteiger partial charge in [-0.2, -0.15) is 5.10 Å². The lowest BCUT2D eigenvalue weighted by atomic mass is 10.1. The Labute approximate surface area is 193 Å². The Bertz CT molecular complexity index is 1330. The van der Waals surface area contributed by atoms with Gasteiger partial charge in [-0.3, -0.25) is 13.8 Å². The van der Waals surface area contributed by atoms with Crippen molar-refractivity contribution in [2.45, 2.75) is 18.4 Å². The van der Waals surface area contributed by atoms with Crippen molar-refractivity contribution >= 4 is 27.3 Å². The van der Waals surface area contributed by atoms with E-state index in [9.17, 15) is 13.2 Å². The van der Waals surface area contributed by atoms with Crippen LogP contribution in [0.4, 0.5) is 11.4 Å². The normalized spacial score (nSPS) is 11.2. The number of benzene rings is 3. The molecular weight excluding hydrogens is 436 g/mol. The SMILES string of the molecule is Cc1ccc(S(=O)(=O)N(C)c2ccc(C(=O)Nc3ccc(Cn4cccn4)cc3)cc2)cc1. The fourth-order valence-electron chi connectivity index (χ4n) is 3.31. The third kappa shape index (κ3) is 5.12. The first kappa shape index (κ1) is 22.3. The molecule has 4 rings (SSSR count). The summed E-state index contributed by atoms with van der Waals surface area (Å²) in [4.78, 5) is 12.8. The van der Waals surface area contributed by atoms with E-state index in [0.29, 0.717) is 23.5 Å². The second kappa shape index (κ2) is 9.30. The topological polar surface area (TPSA) is 84.3 Å². The molecule has 1 N–H and O–H groups in total. The molecule has 0 unspecified atom stereocenters. The van der Waals surface area contributed by atoms with E-state index in [1.54, 1.807) is 54.7 Å². The minimum atomic E-state index is -3.69. The Morgan fingerprint density at radius 1 is 0.970 bits per heavy atom. The average molecular weight is 461 g/mol. The zero-order valence-electron chi connectivity index (χ0n) is 18.3. The van der Waals surface area contributed by atoms with Gasteiger partial charge in [0.15, 0.2) is 0 Å². The number of nitrogens with zero attached hydrogens (tertiary/aromatic N) is 3. The fraction of sp³-hybridized carbons (Fsp3) is 0.120. The first-order valence-corrected chi connectivity index (χ1v) is 11.8. The monoisotopic (exact) mass is 460 g/mol. The largest absolute Gasteiger partial charge is 0.322 e. The van der Waals surface area contributed by atoms with Crippen LogP contribution in [0.5, 0.6) is 0 Å². The van der Waals surface area contributed by atoms with Gasteiger partial charge in [0.1, 0.15) is 0 Å². The fourth-order valence-corrected chi connectivity index (χ4v) is 4.50. The minimum Gasteiger partial charge on any atom is -0.322 e. The molecule has 1 aromatic heterocycles. The predicted octanol–water partition coefficient (Wildman–Crippen LogP) is 4.32. The maximum Gasteiger partial charge on any atom is 0.264 e. The van der Waals surface area contributed by atoms with Crippen molar-refractivity contribution in [1.82, 2.24) is 9.78 Å². The number of rotatable bonds is 7. The summed E-state index contributed by atoms with van der Waals surface area (Å²) in [6.07, 6.45) is 3.62. The van der Waals surface area contributed by atoms with Crippen molar-refractivity contribution in [3.05, 3.63) is 108 Å². The molecule has 7 nitrogen and oxygen atoms in total. The maximum atomic E-state index is 12.9. The number of sulfonamides is 1. The molecule has 0 saturated carbocycles. The number of aryl methyl sites for hydroxylation is 1. The summed E-state index contributed by atoms with van der Waals surface area (Å²) >= 11 is 0.